The summed E-state index contributed by atoms with van der Waals surface area (Å²) in [4.78, 5) is 37.4. The van der Waals surface area contributed by atoms with Crippen molar-refractivity contribution < 1.29 is 23.9 Å². The van der Waals surface area contributed by atoms with Gasteiger partial charge in [0.2, 0.25) is 0 Å². The second-order valence-corrected chi connectivity index (χ2v) is 6.53. The zero-order valence-corrected chi connectivity index (χ0v) is 17.1. The van der Waals surface area contributed by atoms with Gasteiger partial charge < -0.3 is 14.8 Å². The van der Waals surface area contributed by atoms with Crippen LogP contribution < -0.4 is 5.32 Å². The van der Waals surface area contributed by atoms with Crippen LogP contribution in [0.1, 0.15) is 31.8 Å². The number of hydrogen-bond donors (Lipinski definition) is 1. The second-order valence-electron chi connectivity index (χ2n) is 6.53. The van der Waals surface area contributed by atoms with Gasteiger partial charge in [-0.1, -0.05) is 60.7 Å². The SMILES string of the molecule is COC(=O)c1ccc(C(=O)OC)c(NC(=O)C(=Cc2ccccc2)c2ccccc2)c1. The molecule has 0 radical (unpaired) electrons. The molecule has 0 aliphatic heterocycles. The summed E-state index contributed by atoms with van der Waals surface area (Å²) in [5.41, 5.74) is 2.40. The zero-order valence-electron chi connectivity index (χ0n) is 17.1. The Bertz CT molecular complexity index is 1120. The predicted octanol–water partition coefficient (Wildman–Crippen LogP) is 4.44. The van der Waals surface area contributed by atoms with Gasteiger partial charge in [0.25, 0.3) is 5.91 Å². The second kappa shape index (κ2) is 10.0. The minimum absolute atomic E-state index is 0.121. The smallest absolute Gasteiger partial charge is 0.339 e. The molecule has 0 saturated carbocycles. The summed E-state index contributed by atoms with van der Waals surface area (Å²) in [6, 6.07) is 22.8. The molecule has 0 atom stereocenters. The van der Waals surface area contributed by atoms with Gasteiger partial charge in [0.15, 0.2) is 0 Å². The Hall–Kier alpha value is -4.19. The lowest BCUT2D eigenvalue weighted by Gasteiger charge is -2.13. The van der Waals surface area contributed by atoms with Crippen LogP contribution in [0.3, 0.4) is 0 Å². The lowest BCUT2D eigenvalue weighted by atomic mass is 10.0. The average Bonchev–Trinajstić information content (AvgIpc) is 2.82. The van der Waals surface area contributed by atoms with Crippen molar-refractivity contribution in [1.29, 1.82) is 0 Å². The summed E-state index contributed by atoms with van der Waals surface area (Å²) in [6.45, 7) is 0. The van der Waals surface area contributed by atoms with Gasteiger partial charge in [-0.25, -0.2) is 9.59 Å². The summed E-state index contributed by atoms with van der Waals surface area (Å²) in [6.07, 6.45) is 1.76. The summed E-state index contributed by atoms with van der Waals surface area (Å²) in [7, 11) is 2.50. The molecular formula is C25H21NO5. The fraction of sp³-hybridized carbons (Fsp3) is 0.0800. The van der Waals surface area contributed by atoms with E-state index in [0.717, 1.165) is 5.56 Å². The number of esters is 2. The summed E-state index contributed by atoms with van der Waals surface area (Å²) >= 11 is 0. The number of anilines is 1. The van der Waals surface area contributed by atoms with Crippen molar-refractivity contribution in [3.63, 3.8) is 0 Å². The molecule has 6 nitrogen and oxygen atoms in total. The minimum Gasteiger partial charge on any atom is -0.465 e. The van der Waals surface area contributed by atoms with Crippen LogP contribution in [-0.2, 0) is 14.3 Å². The fourth-order valence-corrected chi connectivity index (χ4v) is 2.98. The van der Waals surface area contributed by atoms with Gasteiger partial charge in [-0.05, 0) is 35.4 Å². The maximum absolute atomic E-state index is 13.3. The van der Waals surface area contributed by atoms with Crippen molar-refractivity contribution in [2.45, 2.75) is 0 Å². The Kier molecular flexibility index (Phi) is 6.96. The highest BCUT2D eigenvalue weighted by molar-refractivity contribution is 6.29. The van der Waals surface area contributed by atoms with Crippen molar-refractivity contribution >= 4 is 35.2 Å². The summed E-state index contributed by atoms with van der Waals surface area (Å²) < 4.78 is 9.54. The average molecular weight is 415 g/mol. The number of benzene rings is 3. The highest BCUT2D eigenvalue weighted by Gasteiger charge is 2.19. The quantitative estimate of drug-likeness (QED) is 0.366. The van der Waals surface area contributed by atoms with E-state index in [4.69, 9.17) is 9.47 Å². The molecular weight excluding hydrogens is 394 g/mol. The number of hydrogen-bond acceptors (Lipinski definition) is 5. The van der Waals surface area contributed by atoms with Gasteiger partial charge in [-0.3, -0.25) is 4.79 Å². The highest BCUT2D eigenvalue weighted by Crippen LogP contribution is 2.24. The van der Waals surface area contributed by atoms with Crippen molar-refractivity contribution in [1.82, 2.24) is 0 Å². The zero-order chi connectivity index (χ0) is 22.2. The molecule has 0 heterocycles. The third kappa shape index (κ3) is 5.25. The van der Waals surface area contributed by atoms with E-state index >= 15 is 0 Å². The monoisotopic (exact) mass is 415 g/mol. The van der Waals surface area contributed by atoms with Crippen LogP contribution in [-0.4, -0.2) is 32.1 Å². The molecule has 0 aromatic heterocycles. The van der Waals surface area contributed by atoms with Crippen molar-refractivity contribution in [3.05, 3.63) is 101 Å². The third-order valence-corrected chi connectivity index (χ3v) is 4.53. The molecule has 0 unspecified atom stereocenters. The van der Waals surface area contributed by atoms with Gasteiger partial charge in [-0.15, -0.1) is 0 Å². The fourth-order valence-electron chi connectivity index (χ4n) is 2.98. The van der Waals surface area contributed by atoms with Crippen molar-refractivity contribution in [2.24, 2.45) is 0 Å². The van der Waals surface area contributed by atoms with E-state index < -0.39 is 17.8 Å². The van der Waals surface area contributed by atoms with E-state index in [1.54, 1.807) is 6.08 Å². The van der Waals surface area contributed by atoms with E-state index in [1.165, 1.54) is 32.4 Å². The lowest BCUT2D eigenvalue weighted by molar-refractivity contribution is -0.111. The molecule has 6 heteroatoms. The molecule has 31 heavy (non-hydrogen) atoms. The predicted molar refractivity (Wildman–Crippen MR) is 119 cm³/mol. The van der Waals surface area contributed by atoms with Crippen LogP contribution in [0, 0.1) is 0 Å². The Labute approximate surface area is 180 Å². The Balaban J connectivity index is 2.04. The normalized spacial score (nSPS) is 10.8. The maximum atomic E-state index is 13.3. The number of methoxy groups -OCH3 is 2. The maximum Gasteiger partial charge on any atom is 0.339 e. The number of carbonyl (C=O) groups is 3. The van der Waals surface area contributed by atoms with E-state index in [-0.39, 0.29) is 16.8 Å². The first-order chi connectivity index (χ1) is 15.0. The van der Waals surface area contributed by atoms with Crippen molar-refractivity contribution in [2.75, 3.05) is 19.5 Å². The van der Waals surface area contributed by atoms with Crippen LogP contribution in [0.5, 0.6) is 0 Å². The molecule has 0 fully saturated rings. The summed E-state index contributed by atoms with van der Waals surface area (Å²) in [5.74, 6) is -1.67. The standard InChI is InChI=1S/C25H21NO5/c1-30-24(28)19-13-14-20(25(29)31-2)22(16-19)26-23(27)21(18-11-7-4-8-12-18)15-17-9-5-3-6-10-17/h3-16H,1-2H3,(H,26,27). The van der Waals surface area contributed by atoms with E-state index in [2.05, 4.69) is 5.32 Å². The number of amides is 1. The van der Waals surface area contributed by atoms with Gasteiger partial charge in [-0.2, -0.15) is 0 Å². The van der Waals surface area contributed by atoms with Crippen molar-refractivity contribution in [3.8, 4) is 0 Å². The largest absolute Gasteiger partial charge is 0.465 e. The molecule has 3 rings (SSSR count). The first kappa shape index (κ1) is 21.5. The molecule has 1 N–H and O–H groups in total. The summed E-state index contributed by atoms with van der Waals surface area (Å²) in [5, 5.41) is 2.75. The van der Waals surface area contributed by atoms with Crippen LogP contribution in [0.25, 0.3) is 11.6 Å². The molecule has 0 saturated heterocycles. The van der Waals surface area contributed by atoms with E-state index in [9.17, 15) is 14.4 Å². The van der Waals surface area contributed by atoms with Gasteiger partial charge in [0.1, 0.15) is 0 Å². The Morgan fingerprint density at radius 1 is 0.742 bits per heavy atom. The molecule has 0 bridgehead atoms. The molecule has 0 spiro atoms. The topological polar surface area (TPSA) is 81.7 Å². The van der Waals surface area contributed by atoms with Crippen LogP contribution in [0.4, 0.5) is 5.69 Å². The van der Waals surface area contributed by atoms with Gasteiger partial charge >= 0.3 is 11.9 Å². The van der Waals surface area contributed by atoms with Crippen LogP contribution in [0.2, 0.25) is 0 Å². The van der Waals surface area contributed by atoms with E-state index in [1.807, 2.05) is 60.7 Å². The first-order valence-corrected chi connectivity index (χ1v) is 9.47. The van der Waals surface area contributed by atoms with Crippen LogP contribution >= 0.6 is 0 Å². The molecule has 0 aliphatic rings. The molecule has 3 aromatic rings. The molecule has 156 valence electrons. The van der Waals surface area contributed by atoms with Gasteiger partial charge in [0.05, 0.1) is 31.0 Å². The van der Waals surface area contributed by atoms with Crippen LogP contribution in [0.15, 0.2) is 78.9 Å². The van der Waals surface area contributed by atoms with Gasteiger partial charge in [0, 0.05) is 5.57 Å². The minimum atomic E-state index is -0.639. The Morgan fingerprint density at radius 3 is 1.97 bits per heavy atom. The van der Waals surface area contributed by atoms with E-state index in [0.29, 0.717) is 11.1 Å². The third-order valence-electron chi connectivity index (χ3n) is 4.53. The molecule has 1 amide bonds. The lowest BCUT2D eigenvalue weighted by Crippen LogP contribution is -2.17. The Morgan fingerprint density at radius 2 is 1.35 bits per heavy atom. The highest BCUT2D eigenvalue weighted by atomic mass is 16.5. The molecule has 0 aliphatic carbocycles. The number of ether oxygens (including phenoxy) is 2. The number of rotatable bonds is 6. The number of carbonyl (C=O) groups excluding carboxylic acids is 3. The number of nitrogens with one attached hydrogen (secondary N) is 1. The first-order valence-electron chi connectivity index (χ1n) is 9.47. The molecule has 3 aromatic carbocycles.